The number of carboxylic acids is 1. The average Bonchev–Trinajstić information content (AvgIpc) is 2.48. The molecule has 1 aromatic rings. The van der Waals surface area contributed by atoms with Crippen molar-refractivity contribution < 1.29 is 19.0 Å². The van der Waals surface area contributed by atoms with Crippen molar-refractivity contribution in [3.63, 3.8) is 0 Å². The van der Waals surface area contributed by atoms with Crippen LogP contribution in [-0.2, 0) is 16.1 Å². The molecule has 0 amide bonds. The molecular weight excluding hydrogens is 271 g/mol. The molecule has 1 aliphatic rings. The van der Waals surface area contributed by atoms with Gasteiger partial charge < -0.3 is 9.84 Å². The van der Waals surface area contributed by atoms with Gasteiger partial charge in [-0.2, -0.15) is 0 Å². The van der Waals surface area contributed by atoms with E-state index < -0.39 is 11.8 Å². The summed E-state index contributed by atoms with van der Waals surface area (Å²) in [6.45, 7) is 1.18. The average molecular weight is 292 g/mol. The molecule has 0 heterocycles. The Kier molecular flexibility index (Phi) is 5.93. The summed E-state index contributed by atoms with van der Waals surface area (Å²) in [5, 5.41) is 8.59. The molecule has 0 spiro atoms. The second kappa shape index (κ2) is 7.93. The maximum Gasteiger partial charge on any atom is 0.328 e. The molecule has 4 heteroatoms. The highest BCUT2D eigenvalue weighted by Gasteiger charge is 2.13. The van der Waals surface area contributed by atoms with Crippen LogP contribution >= 0.6 is 0 Å². The summed E-state index contributed by atoms with van der Waals surface area (Å²) in [5.41, 5.74) is 1.13. The van der Waals surface area contributed by atoms with Gasteiger partial charge in [-0.25, -0.2) is 9.18 Å². The van der Waals surface area contributed by atoms with Crippen LogP contribution in [0.3, 0.4) is 0 Å². The number of carbonyl (C=O) groups is 1. The third-order valence-electron chi connectivity index (χ3n) is 3.81. The minimum Gasteiger partial charge on any atom is -0.478 e. The number of hydrogen-bond acceptors (Lipinski definition) is 2. The summed E-state index contributed by atoms with van der Waals surface area (Å²) in [5.74, 6) is -0.873. The van der Waals surface area contributed by atoms with Gasteiger partial charge in [0.15, 0.2) is 0 Å². The number of benzene rings is 1. The van der Waals surface area contributed by atoms with E-state index in [0.717, 1.165) is 18.2 Å². The predicted octanol–water partition coefficient (Wildman–Crippen LogP) is 4.02. The molecule has 1 aromatic carbocycles. The number of rotatable bonds is 6. The fraction of sp³-hybridized carbons (Fsp3) is 0.471. The van der Waals surface area contributed by atoms with Gasteiger partial charge in [-0.15, -0.1) is 0 Å². The van der Waals surface area contributed by atoms with E-state index in [0.29, 0.717) is 12.5 Å². The van der Waals surface area contributed by atoms with Crippen molar-refractivity contribution in [3.8, 4) is 0 Å². The lowest BCUT2D eigenvalue weighted by molar-refractivity contribution is -0.131. The molecular formula is C17H21FO3. The number of hydrogen-bond donors (Lipinski definition) is 1. The first kappa shape index (κ1) is 15.7. The fourth-order valence-corrected chi connectivity index (χ4v) is 2.67. The van der Waals surface area contributed by atoms with E-state index in [-0.39, 0.29) is 5.56 Å². The standard InChI is InChI=1S/C17H21FO3/c18-16-8-6-14(10-15(16)7-9-17(19)20)12-21-11-13-4-2-1-3-5-13/h6-10,13H,1-5,11-12H2,(H,19,20). The lowest BCUT2D eigenvalue weighted by Gasteiger charge is -2.21. The first-order valence-corrected chi connectivity index (χ1v) is 7.42. The Hall–Kier alpha value is -1.68. The van der Waals surface area contributed by atoms with E-state index in [4.69, 9.17) is 9.84 Å². The molecule has 0 unspecified atom stereocenters. The van der Waals surface area contributed by atoms with Gasteiger partial charge in [0.25, 0.3) is 0 Å². The number of halogens is 1. The van der Waals surface area contributed by atoms with Gasteiger partial charge in [-0.3, -0.25) is 0 Å². The maximum atomic E-state index is 13.5. The fourth-order valence-electron chi connectivity index (χ4n) is 2.67. The number of carboxylic acid groups (broad SMARTS) is 1. The third kappa shape index (κ3) is 5.31. The molecule has 0 aliphatic heterocycles. The lowest BCUT2D eigenvalue weighted by Crippen LogP contribution is -2.13. The Morgan fingerprint density at radius 1 is 1.33 bits per heavy atom. The third-order valence-corrected chi connectivity index (χ3v) is 3.81. The SMILES string of the molecule is O=C(O)C=Cc1cc(COCC2CCCCC2)ccc1F. The lowest BCUT2D eigenvalue weighted by atomic mass is 9.90. The van der Waals surface area contributed by atoms with Gasteiger partial charge in [-0.05, 0) is 42.5 Å². The maximum absolute atomic E-state index is 13.5. The molecule has 0 saturated heterocycles. The van der Waals surface area contributed by atoms with Crippen molar-refractivity contribution >= 4 is 12.0 Å². The minimum atomic E-state index is -1.09. The molecule has 0 bridgehead atoms. The summed E-state index contributed by atoms with van der Waals surface area (Å²) >= 11 is 0. The van der Waals surface area contributed by atoms with Crippen molar-refractivity contribution in [1.82, 2.24) is 0 Å². The molecule has 0 radical (unpaired) electrons. The molecule has 3 nitrogen and oxygen atoms in total. The molecule has 0 aromatic heterocycles. The van der Waals surface area contributed by atoms with Gasteiger partial charge in [0.1, 0.15) is 5.82 Å². The van der Waals surface area contributed by atoms with Gasteiger partial charge >= 0.3 is 5.97 Å². The van der Waals surface area contributed by atoms with Crippen molar-refractivity contribution in [3.05, 3.63) is 41.2 Å². The van der Waals surface area contributed by atoms with Gasteiger partial charge in [-0.1, -0.05) is 25.3 Å². The van der Waals surface area contributed by atoms with Crippen molar-refractivity contribution in [2.75, 3.05) is 6.61 Å². The van der Waals surface area contributed by atoms with Crippen LogP contribution in [0.25, 0.3) is 6.08 Å². The monoisotopic (exact) mass is 292 g/mol. The molecule has 2 rings (SSSR count). The van der Waals surface area contributed by atoms with Crippen LogP contribution in [0, 0.1) is 11.7 Å². The second-order valence-electron chi connectivity index (χ2n) is 5.55. The van der Waals surface area contributed by atoms with Crippen molar-refractivity contribution in [2.45, 2.75) is 38.7 Å². The predicted molar refractivity (Wildman–Crippen MR) is 79.3 cm³/mol. The summed E-state index contributed by atoms with van der Waals surface area (Å²) in [7, 11) is 0. The quantitative estimate of drug-likeness (QED) is 0.805. The Balaban J connectivity index is 1.88. The molecule has 1 fully saturated rings. The van der Waals surface area contributed by atoms with E-state index in [2.05, 4.69) is 0 Å². The zero-order chi connectivity index (χ0) is 15.1. The van der Waals surface area contributed by atoms with Crippen LogP contribution in [0.5, 0.6) is 0 Å². The van der Waals surface area contributed by atoms with E-state index in [9.17, 15) is 9.18 Å². The highest BCUT2D eigenvalue weighted by molar-refractivity contribution is 5.85. The summed E-state index contributed by atoms with van der Waals surface area (Å²) in [6, 6.07) is 4.66. The Morgan fingerprint density at radius 3 is 2.81 bits per heavy atom. The molecule has 21 heavy (non-hydrogen) atoms. The number of aliphatic carboxylic acids is 1. The van der Waals surface area contributed by atoms with Crippen LogP contribution in [0.1, 0.15) is 43.2 Å². The van der Waals surface area contributed by atoms with Crippen LogP contribution in [0.15, 0.2) is 24.3 Å². The van der Waals surface area contributed by atoms with Crippen LogP contribution in [0.2, 0.25) is 0 Å². The highest BCUT2D eigenvalue weighted by atomic mass is 19.1. The van der Waals surface area contributed by atoms with Gasteiger partial charge in [0.2, 0.25) is 0 Å². The van der Waals surface area contributed by atoms with E-state index in [1.54, 1.807) is 12.1 Å². The first-order chi connectivity index (χ1) is 10.1. The molecule has 1 saturated carbocycles. The highest BCUT2D eigenvalue weighted by Crippen LogP contribution is 2.24. The largest absolute Gasteiger partial charge is 0.478 e. The normalized spacial score (nSPS) is 16.4. The molecule has 114 valence electrons. The Morgan fingerprint density at radius 2 is 2.10 bits per heavy atom. The Labute approximate surface area is 124 Å². The zero-order valence-corrected chi connectivity index (χ0v) is 12.1. The Bertz CT molecular complexity index is 505. The van der Waals surface area contributed by atoms with Gasteiger partial charge in [0, 0.05) is 18.2 Å². The van der Waals surface area contributed by atoms with Crippen LogP contribution in [0.4, 0.5) is 4.39 Å². The summed E-state index contributed by atoms with van der Waals surface area (Å²) in [4.78, 5) is 10.5. The van der Waals surface area contributed by atoms with Crippen LogP contribution in [-0.4, -0.2) is 17.7 Å². The summed E-state index contributed by atoms with van der Waals surface area (Å²) in [6.07, 6.45) is 8.57. The van der Waals surface area contributed by atoms with Gasteiger partial charge in [0.05, 0.1) is 6.61 Å². The van der Waals surface area contributed by atoms with E-state index >= 15 is 0 Å². The topological polar surface area (TPSA) is 46.5 Å². The number of ether oxygens (including phenoxy) is 1. The van der Waals surface area contributed by atoms with E-state index in [1.165, 1.54) is 44.2 Å². The van der Waals surface area contributed by atoms with Crippen LogP contribution < -0.4 is 0 Å². The molecule has 1 aliphatic carbocycles. The first-order valence-electron chi connectivity index (χ1n) is 7.42. The van der Waals surface area contributed by atoms with Crippen molar-refractivity contribution in [1.29, 1.82) is 0 Å². The van der Waals surface area contributed by atoms with Crippen molar-refractivity contribution in [2.24, 2.45) is 5.92 Å². The smallest absolute Gasteiger partial charge is 0.328 e. The minimum absolute atomic E-state index is 0.274. The van der Waals surface area contributed by atoms with E-state index in [1.807, 2.05) is 0 Å². The molecule has 0 atom stereocenters. The molecule has 1 N–H and O–H groups in total. The summed E-state index contributed by atoms with van der Waals surface area (Å²) < 4.78 is 19.3. The zero-order valence-electron chi connectivity index (χ0n) is 12.1. The second-order valence-corrected chi connectivity index (χ2v) is 5.55.